The Morgan fingerprint density at radius 3 is 1.07 bits per heavy atom. The summed E-state index contributed by atoms with van der Waals surface area (Å²) >= 11 is 0. The lowest BCUT2D eigenvalue weighted by Crippen LogP contribution is -2.31. The highest BCUT2D eigenvalue weighted by Gasteiger charge is 2.14. The lowest BCUT2D eigenvalue weighted by Gasteiger charge is -2.22. The van der Waals surface area contributed by atoms with Crippen LogP contribution < -0.4 is 5.32 Å². The zero-order valence-corrected chi connectivity index (χ0v) is 11.3. The summed E-state index contributed by atoms with van der Waals surface area (Å²) < 4.78 is 0. The number of nitrogens with zero attached hydrogens (tertiary/aromatic N) is 1. The number of rotatable bonds is 10. The molecule has 0 amide bonds. The second-order valence-corrected chi connectivity index (χ2v) is 4.61. The van der Waals surface area contributed by atoms with Crippen LogP contribution in [0.15, 0.2) is 0 Å². The molecule has 1 radical (unpaired) electrons. The Morgan fingerprint density at radius 2 is 0.867 bits per heavy atom. The van der Waals surface area contributed by atoms with Gasteiger partial charge >= 0.3 is 0 Å². The highest BCUT2D eigenvalue weighted by molar-refractivity contribution is 4.73. The summed E-state index contributed by atoms with van der Waals surface area (Å²) in [4.78, 5) is 0. The van der Waals surface area contributed by atoms with Crippen LogP contribution >= 0.6 is 0 Å². The fourth-order valence-corrected chi connectivity index (χ4v) is 2.22. The molecule has 0 saturated carbocycles. The van der Waals surface area contributed by atoms with E-state index in [1.807, 2.05) is 0 Å². The smallest absolute Gasteiger partial charge is 0.0249 e. The van der Waals surface area contributed by atoms with Crippen LogP contribution in [0.25, 0.3) is 0 Å². The Kier molecular flexibility index (Phi) is 10.4. The van der Waals surface area contributed by atoms with Crippen LogP contribution in [-0.4, -0.2) is 12.1 Å². The monoisotopic (exact) mass is 212 g/mol. The molecule has 0 spiro atoms. The van der Waals surface area contributed by atoms with Crippen LogP contribution in [0.1, 0.15) is 79.1 Å². The van der Waals surface area contributed by atoms with E-state index in [1.165, 1.54) is 51.4 Å². The van der Waals surface area contributed by atoms with Crippen LogP contribution in [0.5, 0.6) is 0 Å². The van der Waals surface area contributed by atoms with Gasteiger partial charge in [-0.25, -0.2) is 5.32 Å². The molecule has 0 aromatic rings. The summed E-state index contributed by atoms with van der Waals surface area (Å²) in [6, 6.07) is 1.28. The molecular formula is C14H30N. The molecule has 0 atom stereocenters. The van der Waals surface area contributed by atoms with Crippen LogP contribution in [0.2, 0.25) is 0 Å². The molecule has 15 heavy (non-hydrogen) atoms. The first-order valence-corrected chi connectivity index (χ1v) is 6.98. The van der Waals surface area contributed by atoms with E-state index in [0.717, 1.165) is 0 Å². The maximum absolute atomic E-state index is 5.04. The van der Waals surface area contributed by atoms with Gasteiger partial charge in [0.15, 0.2) is 0 Å². The van der Waals surface area contributed by atoms with E-state index in [4.69, 9.17) is 5.32 Å². The van der Waals surface area contributed by atoms with Crippen molar-refractivity contribution in [1.82, 2.24) is 5.32 Å². The van der Waals surface area contributed by atoms with E-state index >= 15 is 0 Å². The molecule has 0 aromatic heterocycles. The summed E-state index contributed by atoms with van der Waals surface area (Å²) in [5.74, 6) is 0. The maximum Gasteiger partial charge on any atom is 0.0249 e. The molecule has 0 bridgehead atoms. The zero-order valence-electron chi connectivity index (χ0n) is 11.3. The Labute approximate surface area is 97.0 Å². The van der Waals surface area contributed by atoms with Gasteiger partial charge in [-0.2, -0.15) is 0 Å². The molecule has 0 fully saturated rings. The minimum Gasteiger partial charge on any atom is -0.235 e. The van der Waals surface area contributed by atoms with Crippen molar-refractivity contribution in [2.45, 2.75) is 91.1 Å². The molecule has 0 unspecified atom stereocenters. The van der Waals surface area contributed by atoms with Gasteiger partial charge in [-0.15, -0.1) is 0 Å². The number of hydrogen-bond acceptors (Lipinski definition) is 0. The van der Waals surface area contributed by atoms with Gasteiger partial charge < -0.3 is 0 Å². The highest BCUT2D eigenvalue weighted by atomic mass is 14.9. The molecule has 0 N–H and O–H groups in total. The molecule has 1 nitrogen and oxygen atoms in total. The van der Waals surface area contributed by atoms with E-state index in [0.29, 0.717) is 12.1 Å². The van der Waals surface area contributed by atoms with Crippen molar-refractivity contribution >= 4 is 0 Å². The molecular weight excluding hydrogens is 182 g/mol. The fourth-order valence-electron chi connectivity index (χ4n) is 2.22. The standard InChI is InChI=1S/C14H30N/c1-5-9-13(10-6-2)15-14(11-7-3)12-8-4/h13-14H,5-12H2,1-4H3. The van der Waals surface area contributed by atoms with Crippen LogP contribution in [0.3, 0.4) is 0 Å². The van der Waals surface area contributed by atoms with E-state index in [9.17, 15) is 0 Å². The zero-order chi connectivity index (χ0) is 11.5. The normalized spacial score (nSPS) is 11.6. The third-order valence-corrected chi connectivity index (χ3v) is 2.91. The lowest BCUT2D eigenvalue weighted by atomic mass is 10.0. The maximum atomic E-state index is 5.04. The van der Waals surface area contributed by atoms with Gasteiger partial charge in [0.25, 0.3) is 0 Å². The predicted octanol–water partition coefficient (Wildman–Crippen LogP) is 4.53. The van der Waals surface area contributed by atoms with E-state index in [-0.39, 0.29) is 0 Å². The van der Waals surface area contributed by atoms with Crippen molar-refractivity contribution in [2.24, 2.45) is 0 Å². The molecule has 1 heteroatoms. The third kappa shape index (κ3) is 7.84. The first-order valence-electron chi connectivity index (χ1n) is 6.98. The van der Waals surface area contributed by atoms with Crippen LogP contribution in [0, 0.1) is 0 Å². The second kappa shape index (κ2) is 10.5. The summed E-state index contributed by atoms with van der Waals surface area (Å²) in [6.45, 7) is 9.08. The van der Waals surface area contributed by atoms with E-state index < -0.39 is 0 Å². The quantitative estimate of drug-likeness (QED) is 0.505. The second-order valence-electron chi connectivity index (χ2n) is 4.61. The predicted molar refractivity (Wildman–Crippen MR) is 69.3 cm³/mol. The van der Waals surface area contributed by atoms with Crippen LogP contribution in [0.4, 0.5) is 0 Å². The molecule has 0 aromatic carbocycles. The van der Waals surface area contributed by atoms with Gasteiger partial charge in [0.05, 0.1) is 0 Å². The molecule has 0 aliphatic carbocycles. The lowest BCUT2D eigenvalue weighted by molar-refractivity contribution is 0.344. The summed E-state index contributed by atoms with van der Waals surface area (Å²) in [6.07, 6.45) is 10.3. The van der Waals surface area contributed by atoms with Gasteiger partial charge in [-0.3, -0.25) is 0 Å². The third-order valence-electron chi connectivity index (χ3n) is 2.91. The van der Waals surface area contributed by atoms with E-state index in [1.54, 1.807) is 0 Å². The van der Waals surface area contributed by atoms with Crippen molar-refractivity contribution in [1.29, 1.82) is 0 Å². The average Bonchev–Trinajstić information content (AvgIpc) is 2.19. The highest BCUT2D eigenvalue weighted by Crippen LogP contribution is 2.13. The number of hydrogen-bond donors (Lipinski definition) is 0. The van der Waals surface area contributed by atoms with Gasteiger partial charge in [0.2, 0.25) is 0 Å². The minimum atomic E-state index is 0.642. The minimum absolute atomic E-state index is 0.642. The average molecular weight is 212 g/mol. The van der Waals surface area contributed by atoms with Gasteiger partial charge in [-0.05, 0) is 25.7 Å². The summed E-state index contributed by atoms with van der Waals surface area (Å²) in [5, 5.41) is 5.04. The Bertz CT molecular complexity index is 96.5. The van der Waals surface area contributed by atoms with Gasteiger partial charge in [0, 0.05) is 12.1 Å². The Morgan fingerprint density at radius 1 is 0.600 bits per heavy atom. The van der Waals surface area contributed by atoms with E-state index in [2.05, 4.69) is 27.7 Å². The van der Waals surface area contributed by atoms with Crippen molar-refractivity contribution in [2.75, 3.05) is 0 Å². The molecule has 0 heterocycles. The largest absolute Gasteiger partial charge is 0.235 e. The first kappa shape index (κ1) is 15.0. The van der Waals surface area contributed by atoms with Crippen molar-refractivity contribution in [3.8, 4) is 0 Å². The molecule has 0 aliphatic rings. The van der Waals surface area contributed by atoms with Crippen LogP contribution in [-0.2, 0) is 0 Å². The molecule has 0 rings (SSSR count). The topological polar surface area (TPSA) is 14.1 Å². The summed E-state index contributed by atoms with van der Waals surface area (Å²) in [5.41, 5.74) is 0. The molecule has 0 aliphatic heterocycles. The van der Waals surface area contributed by atoms with Gasteiger partial charge in [0.1, 0.15) is 0 Å². The first-order chi connectivity index (χ1) is 7.28. The van der Waals surface area contributed by atoms with Crippen molar-refractivity contribution in [3.63, 3.8) is 0 Å². The summed E-state index contributed by atoms with van der Waals surface area (Å²) in [7, 11) is 0. The van der Waals surface area contributed by atoms with Crippen molar-refractivity contribution in [3.05, 3.63) is 0 Å². The fraction of sp³-hybridized carbons (Fsp3) is 1.00. The SMILES string of the molecule is CCCC(CCC)[N]C(CCC)CCC. The van der Waals surface area contributed by atoms with Crippen molar-refractivity contribution < 1.29 is 0 Å². The Hall–Kier alpha value is -0.0400. The molecule has 0 saturated heterocycles. The van der Waals surface area contributed by atoms with Gasteiger partial charge in [-0.1, -0.05) is 53.4 Å². The Balaban J connectivity index is 3.93. The molecule has 91 valence electrons.